The predicted molar refractivity (Wildman–Crippen MR) is 106 cm³/mol. The van der Waals surface area contributed by atoms with E-state index in [1.165, 1.54) is 0 Å². The van der Waals surface area contributed by atoms with Gasteiger partial charge in [0.1, 0.15) is 0 Å². The zero-order chi connectivity index (χ0) is 17.2. The van der Waals surface area contributed by atoms with Crippen molar-refractivity contribution in [3.05, 3.63) is 29.3 Å². The quantitative estimate of drug-likeness (QED) is 0.346. The van der Waals surface area contributed by atoms with Crippen LogP contribution in [0, 0.1) is 0 Å². The van der Waals surface area contributed by atoms with Gasteiger partial charge in [0.2, 0.25) is 0 Å². The first-order valence-electron chi connectivity index (χ1n) is 7.80. The van der Waals surface area contributed by atoms with Crippen molar-refractivity contribution in [1.29, 1.82) is 0 Å². The Hall–Kier alpha value is -1.19. The molecule has 1 aromatic rings. The van der Waals surface area contributed by atoms with Gasteiger partial charge >= 0.3 is 0 Å². The van der Waals surface area contributed by atoms with Gasteiger partial charge in [0, 0.05) is 30.3 Å². The second-order valence-electron chi connectivity index (χ2n) is 5.28. The Kier molecular flexibility index (Phi) is 8.48. The molecular formula is C15H22ClN5OS2. The van der Waals surface area contributed by atoms with Crippen molar-refractivity contribution in [1.82, 2.24) is 21.1 Å². The second-order valence-corrected chi connectivity index (χ2v) is 6.53. The van der Waals surface area contributed by atoms with Gasteiger partial charge in [0.25, 0.3) is 0 Å². The topological polar surface area (TPSA) is 60.6 Å². The van der Waals surface area contributed by atoms with E-state index in [2.05, 4.69) is 26.4 Å². The highest BCUT2D eigenvalue weighted by atomic mass is 35.5. The summed E-state index contributed by atoms with van der Waals surface area (Å²) < 4.78 is 5.33. The van der Waals surface area contributed by atoms with Gasteiger partial charge in [-0.1, -0.05) is 17.7 Å². The fraction of sp³-hybridized carbons (Fsp3) is 0.467. The maximum Gasteiger partial charge on any atom is 0.189 e. The zero-order valence-electron chi connectivity index (χ0n) is 13.3. The van der Waals surface area contributed by atoms with Gasteiger partial charge in [-0.05, 0) is 55.6 Å². The molecule has 0 saturated carbocycles. The molecule has 0 spiro atoms. The van der Waals surface area contributed by atoms with Crippen LogP contribution in [0.5, 0.6) is 0 Å². The standard InChI is InChI=1S/C15H22ClN5OS2/c16-12-3-1-4-13(11-12)18-15(24)20-19-14(23)17-5-2-6-21-7-9-22-10-8-21/h1,3-4,11H,2,5-10H2,(H2,17,19,23)(H2,18,20,24). The van der Waals surface area contributed by atoms with Gasteiger partial charge in [0.15, 0.2) is 10.2 Å². The molecule has 0 radical (unpaired) electrons. The molecule has 1 aliphatic rings. The number of ether oxygens (including phenoxy) is 1. The molecular weight excluding hydrogens is 366 g/mol. The monoisotopic (exact) mass is 387 g/mol. The molecule has 1 aliphatic heterocycles. The molecule has 0 aliphatic carbocycles. The summed E-state index contributed by atoms with van der Waals surface area (Å²) in [5, 5.41) is 7.72. The number of thiocarbonyl (C=S) groups is 2. The first-order valence-corrected chi connectivity index (χ1v) is 8.99. The van der Waals surface area contributed by atoms with Crippen molar-refractivity contribution in [2.24, 2.45) is 0 Å². The van der Waals surface area contributed by atoms with Crippen LogP contribution >= 0.6 is 36.0 Å². The Labute approximate surface area is 158 Å². The molecule has 6 nitrogen and oxygen atoms in total. The molecule has 2 rings (SSSR count). The fourth-order valence-electron chi connectivity index (χ4n) is 2.22. The summed E-state index contributed by atoms with van der Waals surface area (Å²) in [6.07, 6.45) is 1.02. The fourth-order valence-corrected chi connectivity index (χ4v) is 2.73. The van der Waals surface area contributed by atoms with Crippen molar-refractivity contribution < 1.29 is 4.74 Å². The molecule has 1 heterocycles. The van der Waals surface area contributed by atoms with Gasteiger partial charge < -0.3 is 15.4 Å². The average molecular weight is 388 g/mol. The van der Waals surface area contributed by atoms with E-state index in [1.807, 2.05) is 12.1 Å². The number of benzene rings is 1. The van der Waals surface area contributed by atoms with Crippen molar-refractivity contribution >= 4 is 51.9 Å². The molecule has 4 N–H and O–H groups in total. The number of rotatable bonds is 5. The van der Waals surface area contributed by atoms with Crippen LogP contribution in [0.25, 0.3) is 0 Å². The summed E-state index contributed by atoms with van der Waals surface area (Å²) in [6, 6.07) is 7.32. The number of nitrogens with zero attached hydrogens (tertiary/aromatic N) is 1. The second kappa shape index (κ2) is 10.6. The van der Waals surface area contributed by atoms with E-state index < -0.39 is 0 Å². The molecule has 1 fully saturated rings. The van der Waals surface area contributed by atoms with Crippen LogP contribution in [0.1, 0.15) is 6.42 Å². The largest absolute Gasteiger partial charge is 0.379 e. The Bertz CT molecular complexity index is 554. The summed E-state index contributed by atoms with van der Waals surface area (Å²) in [5.74, 6) is 0. The van der Waals surface area contributed by atoms with E-state index in [0.29, 0.717) is 15.2 Å². The molecule has 24 heavy (non-hydrogen) atoms. The minimum Gasteiger partial charge on any atom is -0.379 e. The Morgan fingerprint density at radius 3 is 2.67 bits per heavy atom. The van der Waals surface area contributed by atoms with Crippen LogP contribution in [0.2, 0.25) is 5.02 Å². The first kappa shape index (κ1) is 19.1. The van der Waals surface area contributed by atoms with Crippen LogP contribution in [-0.2, 0) is 4.74 Å². The van der Waals surface area contributed by atoms with E-state index in [1.54, 1.807) is 12.1 Å². The minimum atomic E-state index is 0.412. The summed E-state index contributed by atoms with van der Waals surface area (Å²) >= 11 is 16.3. The number of nitrogens with one attached hydrogen (secondary N) is 4. The maximum atomic E-state index is 5.92. The van der Waals surface area contributed by atoms with Gasteiger partial charge in [-0.3, -0.25) is 15.8 Å². The van der Waals surface area contributed by atoms with Crippen molar-refractivity contribution in [2.45, 2.75) is 6.42 Å². The Morgan fingerprint density at radius 2 is 1.92 bits per heavy atom. The van der Waals surface area contributed by atoms with Crippen molar-refractivity contribution in [2.75, 3.05) is 44.7 Å². The molecule has 0 atom stereocenters. The molecule has 1 saturated heterocycles. The number of morpholine rings is 1. The van der Waals surface area contributed by atoms with E-state index in [9.17, 15) is 0 Å². The third-order valence-corrected chi connectivity index (χ3v) is 4.10. The SMILES string of the molecule is S=C(NCCCN1CCOCC1)NNC(=S)Nc1cccc(Cl)c1. The highest BCUT2D eigenvalue weighted by Gasteiger charge is 2.09. The normalized spacial score (nSPS) is 14.7. The number of hydrazine groups is 1. The summed E-state index contributed by atoms with van der Waals surface area (Å²) in [5.41, 5.74) is 6.50. The number of hydrogen-bond donors (Lipinski definition) is 4. The lowest BCUT2D eigenvalue weighted by molar-refractivity contribution is 0.0376. The molecule has 0 unspecified atom stereocenters. The Morgan fingerprint density at radius 1 is 1.17 bits per heavy atom. The Balaban J connectivity index is 1.54. The summed E-state index contributed by atoms with van der Waals surface area (Å²) in [4.78, 5) is 2.39. The van der Waals surface area contributed by atoms with E-state index in [-0.39, 0.29) is 0 Å². The zero-order valence-corrected chi connectivity index (χ0v) is 15.7. The van der Waals surface area contributed by atoms with Crippen LogP contribution < -0.4 is 21.5 Å². The molecule has 132 valence electrons. The average Bonchev–Trinajstić information content (AvgIpc) is 2.58. The van der Waals surface area contributed by atoms with Crippen molar-refractivity contribution in [3.8, 4) is 0 Å². The molecule has 0 amide bonds. The predicted octanol–water partition coefficient (Wildman–Crippen LogP) is 1.73. The molecule has 0 bridgehead atoms. The van der Waals surface area contributed by atoms with Crippen LogP contribution in [0.3, 0.4) is 0 Å². The van der Waals surface area contributed by atoms with Gasteiger partial charge in [-0.25, -0.2) is 0 Å². The lowest BCUT2D eigenvalue weighted by Gasteiger charge is -2.26. The van der Waals surface area contributed by atoms with Crippen LogP contribution in [0.4, 0.5) is 5.69 Å². The van der Waals surface area contributed by atoms with Gasteiger partial charge in [-0.15, -0.1) is 0 Å². The van der Waals surface area contributed by atoms with Crippen LogP contribution in [-0.4, -0.2) is 54.5 Å². The van der Waals surface area contributed by atoms with Gasteiger partial charge in [0.05, 0.1) is 13.2 Å². The lowest BCUT2D eigenvalue weighted by atomic mass is 10.3. The molecule has 9 heteroatoms. The summed E-state index contributed by atoms with van der Waals surface area (Å²) in [6.45, 7) is 5.52. The van der Waals surface area contributed by atoms with E-state index in [0.717, 1.165) is 51.5 Å². The number of hydrogen-bond acceptors (Lipinski definition) is 4. The third kappa shape index (κ3) is 7.59. The minimum absolute atomic E-state index is 0.412. The highest BCUT2D eigenvalue weighted by molar-refractivity contribution is 7.80. The van der Waals surface area contributed by atoms with E-state index in [4.69, 9.17) is 40.8 Å². The smallest absolute Gasteiger partial charge is 0.189 e. The number of anilines is 1. The molecule has 1 aromatic carbocycles. The molecule has 0 aromatic heterocycles. The van der Waals surface area contributed by atoms with Crippen molar-refractivity contribution in [3.63, 3.8) is 0 Å². The van der Waals surface area contributed by atoms with E-state index >= 15 is 0 Å². The third-order valence-electron chi connectivity index (χ3n) is 3.41. The highest BCUT2D eigenvalue weighted by Crippen LogP contribution is 2.14. The number of halogens is 1. The first-order chi connectivity index (χ1) is 11.6. The summed E-state index contributed by atoms with van der Waals surface area (Å²) in [7, 11) is 0. The van der Waals surface area contributed by atoms with Gasteiger partial charge in [-0.2, -0.15) is 0 Å². The maximum absolute atomic E-state index is 5.92. The van der Waals surface area contributed by atoms with Crippen LogP contribution in [0.15, 0.2) is 24.3 Å². The lowest BCUT2D eigenvalue weighted by Crippen LogP contribution is -2.48.